The van der Waals surface area contributed by atoms with Crippen molar-refractivity contribution < 1.29 is 14.7 Å². The molecule has 1 fully saturated rings. The Hall–Kier alpha value is -2.76. The molecule has 0 saturated carbocycles. The van der Waals surface area contributed by atoms with E-state index in [0.29, 0.717) is 12.0 Å². The summed E-state index contributed by atoms with van der Waals surface area (Å²) in [4.78, 5) is 26.2. The minimum absolute atomic E-state index is 0.164. The zero-order valence-corrected chi connectivity index (χ0v) is 17.4. The molecule has 29 heavy (non-hydrogen) atoms. The van der Waals surface area contributed by atoms with E-state index in [2.05, 4.69) is 11.5 Å². The maximum absolute atomic E-state index is 12.4. The molecule has 2 amide bonds. The summed E-state index contributed by atoms with van der Waals surface area (Å²) < 4.78 is 2.19. The molecule has 3 rings (SSSR count). The quantitative estimate of drug-likeness (QED) is 0.677. The van der Waals surface area contributed by atoms with Crippen molar-refractivity contribution in [3.05, 3.63) is 41.2 Å². The first-order valence-electron chi connectivity index (χ1n) is 10.5. The summed E-state index contributed by atoms with van der Waals surface area (Å²) in [5.41, 5.74) is 9.88. The lowest BCUT2D eigenvalue weighted by atomic mass is 9.97. The number of hydrogen-bond acceptors (Lipinski definition) is 3. The fourth-order valence-electron chi connectivity index (χ4n) is 4.34. The Balaban J connectivity index is 1.98. The molecule has 3 N–H and O–H groups in total. The van der Waals surface area contributed by atoms with Crippen molar-refractivity contribution in [2.45, 2.75) is 58.9 Å². The van der Waals surface area contributed by atoms with Crippen molar-refractivity contribution in [3.8, 4) is 16.9 Å². The van der Waals surface area contributed by atoms with Gasteiger partial charge in [0.25, 0.3) is 5.91 Å². The highest BCUT2D eigenvalue weighted by Gasteiger charge is 2.25. The predicted molar refractivity (Wildman–Crippen MR) is 114 cm³/mol. The lowest BCUT2D eigenvalue weighted by Crippen LogP contribution is -2.26. The predicted octanol–water partition coefficient (Wildman–Crippen LogP) is 3.62. The monoisotopic (exact) mass is 397 g/mol. The largest absolute Gasteiger partial charge is 0.508 e. The van der Waals surface area contributed by atoms with Crippen molar-refractivity contribution in [2.75, 3.05) is 13.1 Å². The number of phenols is 1. The lowest BCUT2D eigenvalue weighted by molar-refractivity contribution is -0.127. The maximum Gasteiger partial charge on any atom is 0.251 e. The van der Waals surface area contributed by atoms with Gasteiger partial charge in [0, 0.05) is 43.0 Å². The lowest BCUT2D eigenvalue weighted by Gasteiger charge is -2.18. The van der Waals surface area contributed by atoms with Crippen LogP contribution in [0, 0.1) is 6.92 Å². The molecule has 0 aliphatic carbocycles. The first-order chi connectivity index (χ1) is 13.9. The number of likely N-dealkylation sites (tertiary alicyclic amines) is 1. The first kappa shape index (κ1) is 21.0. The molecule has 1 aromatic heterocycles. The molecular weight excluding hydrogens is 366 g/mol. The summed E-state index contributed by atoms with van der Waals surface area (Å²) in [6.07, 6.45) is 5.29. The fourth-order valence-corrected chi connectivity index (χ4v) is 4.34. The Labute approximate surface area is 172 Å². The van der Waals surface area contributed by atoms with Crippen LogP contribution in [-0.4, -0.2) is 39.5 Å². The van der Waals surface area contributed by atoms with Crippen LogP contribution in [0.3, 0.4) is 0 Å². The number of aromatic hydroxyl groups is 1. The molecule has 1 saturated heterocycles. The van der Waals surface area contributed by atoms with Gasteiger partial charge >= 0.3 is 0 Å². The smallest absolute Gasteiger partial charge is 0.251 e. The van der Waals surface area contributed by atoms with E-state index in [4.69, 9.17) is 5.73 Å². The van der Waals surface area contributed by atoms with Gasteiger partial charge in [0.05, 0.1) is 5.56 Å². The standard InChI is InChI=1S/C23H31N3O3/c1-3-4-10-19-22(17-8-5-9-18(27)15-17)21(23(24)29)16(2)26(19)14-7-13-25-12-6-11-20(25)28/h5,8-9,15,27H,3-4,6-7,10-14H2,1-2H3,(H2,24,29). The first-order valence-corrected chi connectivity index (χ1v) is 10.5. The minimum atomic E-state index is -0.452. The van der Waals surface area contributed by atoms with Gasteiger partial charge in [-0.15, -0.1) is 0 Å². The molecule has 0 spiro atoms. The Morgan fingerprint density at radius 2 is 2.03 bits per heavy atom. The molecule has 0 unspecified atom stereocenters. The molecule has 0 atom stereocenters. The van der Waals surface area contributed by atoms with Gasteiger partial charge in [0.15, 0.2) is 0 Å². The molecule has 1 aliphatic rings. The van der Waals surface area contributed by atoms with Crippen LogP contribution >= 0.6 is 0 Å². The van der Waals surface area contributed by atoms with Crippen molar-refractivity contribution in [1.82, 2.24) is 9.47 Å². The SMILES string of the molecule is CCCCc1c(-c2cccc(O)c2)c(C(N)=O)c(C)n1CCCN1CCCC1=O. The van der Waals surface area contributed by atoms with E-state index in [1.54, 1.807) is 18.2 Å². The van der Waals surface area contributed by atoms with Crippen LogP contribution in [0.5, 0.6) is 5.75 Å². The second-order valence-corrected chi connectivity index (χ2v) is 7.79. The Bertz CT molecular complexity index is 901. The van der Waals surface area contributed by atoms with Crippen molar-refractivity contribution in [1.29, 1.82) is 0 Å². The van der Waals surface area contributed by atoms with Gasteiger partial charge in [0.1, 0.15) is 5.75 Å². The molecule has 2 heterocycles. The number of primary amides is 1. The molecule has 6 heteroatoms. The number of rotatable bonds is 9. The number of unbranched alkanes of at least 4 members (excludes halogenated alkanes) is 1. The molecule has 2 aromatic rings. The van der Waals surface area contributed by atoms with Crippen LogP contribution in [0.1, 0.15) is 60.8 Å². The minimum Gasteiger partial charge on any atom is -0.508 e. The number of carbonyl (C=O) groups is 2. The van der Waals surface area contributed by atoms with Crippen molar-refractivity contribution in [3.63, 3.8) is 0 Å². The number of phenolic OH excluding ortho intramolecular Hbond substituents is 1. The van der Waals surface area contributed by atoms with Gasteiger partial charge in [-0.05, 0) is 50.3 Å². The van der Waals surface area contributed by atoms with E-state index in [9.17, 15) is 14.7 Å². The third kappa shape index (κ3) is 4.47. The average Bonchev–Trinajstić information content (AvgIpc) is 3.21. The summed E-state index contributed by atoms with van der Waals surface area (Å²) in [6, 6.07) is 6.99. The van der Waals surface area contributed by atoms with E-state index in [0.717, 1.165) is 74.3 Å². The van der Waals surface area contributed by atoms with E-state index in [1.165, 1.54) is 0 Å². The number of hydrogen-bond donors (Lipinski definition) is 2. The van der Waals surface area contributed by atoms with E-state index >= 15 is 0 Å². The van der Waals surface area contributed by atoms with Crippen LogP contribution < -0.4 is 5.73 Å². The number of amides is 2. The molecule has 6 nitrogen and oxygen atoms in total. The number of aromatic nitrogens is 1. The van der Waals surface area contributed by atoms with Crippen molar-refractivity contribution in [2.24, 2.45) is 5.73 Å². The normalized spacial score (nSPS) is 14.0. The zero-order chi connectivity index (χ0) is 21.0. The second-order valence-electron chi connectivity index (χ2n) is 7.79. The average molecular weight is 398 g/mol. The maximum atomic E-state index is 12.4. The summed E-state index contributed by atoms with van der Waals surface area (Å²) in [5.74, 6) is -0.0527. The molecule has 0 bridgehead atoms. The van der Waals surface area contributed by atoms with Gasteiger partial charge in [-0.2, -0.15) is 0 Å². The Kier molecular flexibility index (Phi) is 6.62. The number of nitrogens with two attached hydrogens (primary N) is 1. The van der Waals surface area contributed by atoms with Crippen LogP contribution in [0.2, 0.25) is 0 Å². The van der Waals surface area contributed by atoms with Crippen molar-refractivity contribution >= 4 is 11.8 Å². The topological polar surface area (TPSA) is 88.6 Å². The van der Waals surface area contributed by atoms with Crippen LogP contribution in [-0.2, 0) is 17.8 Å². The summed E-state index contributed by atoms with van der Waals surface area (Å²) >= 11 is 0. The van der Waals surface area contributed by atoms with E-state index < -0.39 is 5.91 Å². The third-order valence-corrected chi connectivity index (χ3v) is 5.76. The van der Waals surface area contributed by atoms with Gasteiger partial charge < -0.3 is 20.3 Å². The number of benzene rings is 1. The number of nitrogens with zero attached hydrogens (tertiary/aromatic N) is 2. The van der Waals surface area contributed by atoms with Crippen LogP contribution in [0.4, 0.5) is 0 Å². The van der Waals surface area contributed by atoms with E-state index in [-0.39, 0.29) is 11.7 Å². The highest BCUT2D eigenvalue weighted by Crippen LogP contribution is 2.35. The summed E-state index contributed by atoms with van der Waals surface area (Å²) in [5, 5.41) is 9.97. The molecule has 0 radical (unpaired) electrons. The second kappa shape index (κ2) is 9.16. The number of carbonyl (C=O) groups excluding carboxylic acids is 2. The highest BCUT2D eigenvalue weighted by molar-refractivity contribution is 6.02. The zero-order valence-electron chi connectivity index (χ0n) is 17.4. The fraction of sp³-hybridized carbons (Fsp3) is 0.478. The molecule has 1 aromatic carbocycles. The Morgan fingerprint density at radius 1 is 1.24 bits per heavy atom. The van der Waals surface area contributed by atoms with Gasteiger partial charge in [-0.3, -0.25) is 9.59 Å². The highest BCUT2D eigenvalue weighted by atomic mass is 16.3. The molecule has 1 aliphatic heterocycles. The van der Waals surface area contributed by atoms with Gasteiger partial charge in [0.2, 0.25) is 5.91 Å². The third-order valence-electron chi connectivity index (χ3n) is 5.76. The summed E-state index contributed by atoms with van der Waals surface area (Å²) in [6.45, 7) is 6.38. The van der Waals surface area contributed by atoms with Crippen LogP contribution in [0.15, 0.2) is 24.3 Å². The van der Waals surface area contributed by atoms with E-state index in [1.807, 2.05) is 17.9 Å². The molecule has 156 valence electrons. The van der Waals surface area contributed by atoms with Gasteiger partial charge in [-0.1, -0.05) is 25.5 Å². The molecular formula is C23H31N3O3. The van der Waals surface area contributed by atoms with Gasteiger partial charge in [-0.25, -0.2) is 0 Å². The Morgan fingerprint density at radius 3 is 2.66 bits per heavy atom. The van der Waals surface area contributed by atoms with Crippen LogP contribution in [0.25, 0.3) is 11.1 Å². The summed E-state index contributed by atoms with van der Waals surface area (Å²) in [7, 11) is 0.